The standard InChI is InChI=1S/C16H19NO2/c1-19-12-4-5-13-8-10-14(11-9-13)16(18)17-15-6-2-3-7-15/h8-11,15H,2-3,6-7,12H2,1H3,(H,17,18). The van der Waals surface area contributed by atoms with Crippen molar-refractivity contribution in [1.82, 2.24) is 5.32 Å². The van der Waals surface area contributed by atoms with Crippen LogP contribution in [0.4, 0.5) is 0 Å². The minimum Gasteiger partial charge on any atom is -0.372 e. The van der Waals surface area contributed by atoms with Gasteiger partial charge in [0.25, 0.3) is 5.91 Å². The van der Waals surface area contributed by atoms with Crippen LogP contribution in [0.1, 0.15) is 41.6 Å². The molecule has 1 aromatic carbocycles. The fraction of sp³-hybridized carbons (Fsp3) is 0.438. The number of hydrogen-bond donors (Lipinski definition) is 1. The minimum atomic E-state index is 0.0169. The molecule has 3 nitrogen and oxygen atoms in total. The highest BCUT2D eigenvalue weighted by Gasteiger charge is 2.17. The van der Waals surface area contributed by atoms with Crippen molar-refractivity contribution >= 4 is 5.91 Å². The molecule has 3 heteroatoms. The molecule has 1 aliphatic rings. The van der Waals surface area contributed by atoms with Gasteiger partial charge in [-0.25, -0.2) is 0 Å². The zero-order valence-corrected chi connectivity index (χ0v) is 11.2. The fourth-order valence-corrected chi connectivity index (χ4v) is 2.25. The fourth-order valence-electron chi connectivity index (χ4n) is 2.25. The van der Waals surface area contributed by atoms with E-state index in [-0.39, 0.29) is 5.91 Å². The Morgan fingerprint density at radius 1 is 1.32 bits per heavy atom. The number of methoxy groups -OCH3 is 1. The second-order valence-electron chi connectivity index (χ2n) is 4.77. The molecule has 1 amide bonds. The Morgan fingerprint density at radius 3 is 2.63 bits per heavy atom. The van der Waals surface area contributed by atoms with E-state index in [0.29, 0.717) is 18.2 Å². The van der Waals surface area contributed by atoms with Gasteiger partial charge in [-0.1, -0.05) is 24.7 Å². The summed E-state index contributed by atoms with van der Waals surface area (Å²) in [5, 5.41) is 3.07. The number of rotatable bonds is 3. The van der Waals surface area contributed by atoms with Crippen molar-refractivity contribution in [2.24, 2.45) is 0 Å². The van der Waals surface area contributed by atoms with Crippen molar-refractivity contribution in [3.8, 4) is 11.8 Å². The molecule has 0 heterocycles. The molecule has 0 saturated heterocycles. The van der Waals surface area contributed by atoms with Gasteiger partial charge >= 0.3 is 0 Å². The van der Waals surface area contributed by atoms with Gasteiger partial charge in [0.05, 0.1) is 0 Å². The average Bonchev–Trinajstić information content (AvgIpc) is 2.93. The molecule has 100 valence electrons. The van der Waals surface area contributed by atoms with Gasteiger partial charge in [0, 0.05) is 24.3 Å². The summed E-state index contributed by atoms with van der Waals surface area (Å²) < 4.78 is 4.86. The third-order valence-electron chi connectivity index (χ3n) is 3.29. The summed E-state index contributed by atoms with van der Waals surface area (Å²) in [4.78, 5) is 12.0. The third-order valence-corrected chi connectivity index (χ3v) is 3.29. The number of nitrogens with one attached hydrogen (secondary N) is 1. The van der Waals surface area contributed by atoms with Crippen molar-refractivity contribution in [3.05, 3.63) is 35.4 Å². The summed E-state index contributed by atoms with van der Waals surface area (Å²) in [5.74, 6) is 5.88. The van der Waals surface area contributed by atoms with Crippen molar-refractivity contribution in [1.29, 1.82) is 0 Å². The number of ether oxygens (including phenoxy) is 1. The van der Waals surface area contributed by atoms with E-state index in [1.165, 1.54) is 12.8 Å². The Kier molecular flexibility index (Phi) is 5.00. The summed E-state index contributed by atoms with van der Waals surface area (Å²) in [6.07, 6.45) is 4.65. The lowest BCUT2D eigenvalue weighted by molar-refractivity contribution is 0.0938. The molecule has 0 bridgehead atoms. The Hall–Kier alpha value is -1.79. The van der Waals surface area contributed by atoms with Crippen LogP contribution in [0, 0.1) is 11.8 Å². The third kappa shape index (κ3) is 4.11. The van der Waals surface area contributed by atoms with E-state index in [9.17, 15) is 4.79 Å². The predicted octanol–water partition coefficient (Wildman–Crippen LogP) is 2.36. The minimum absolute atomic E-state index is 0.0169. The Morgan fingerprint density at radius 2 is 2.00 bits per heavy atom. The average molecular weight is 257 g/mol. The van der Waals surface area contributed by atoms with Crippen LogP contribution in [-0.4, -0.2) is 25.7 Å². The highest BCUT2D eigenvalue weighted by molar-refractivity contribution is 5.94. The van der Waals surface area contributed by atoms with E-state index in [4.69, 9.17) is 4.74 Å². The molecule has 1 fully saturated rings. The predicted molar refractivity (Wildman–Crippen MR) is 74.9 cm³/mol. The summed E-state index contributed by atoms with van der Waals surface area (Å²) in [6, 6.07) is 7.73. The van der Waals surface area contributed by atoms with Crippen LogP contribution in [0.2, 0.25) is 0 Å². The van der Waals surface area contributed by atoms with E-state index in [2.05, 4.69) is 17.2 Å². The topological polar surface area (TPSA) is 38.3 Å². The number of benzene rings is 1. The first-order valence-corrected chi connectivity index (χ1v) is 6.68. The summed E-state index contributed by atoms with van der Waals surface area (Å²) in [5.41, 5.74) is 1.60. The molecule has 0 unspecified atom stereocenters. The summed E-state index contributed by atoms with van der Waals surface area (Å²) in [7, 11) is 1.62. The molecule has 0 atom stereocenters. The van der Waals surface area contributed by atoms with Gasteiger partial charge in [0.2, 0.25) is 0 Å². The monoisotopic (exact) mass is 257 g/mol. The van der Waals surface area contributed by atoms with Crippen LogP contribution in [0.25, 0.3) is 0 Å². The maximum absolute atomic E-state index is 12.0. The van der Waals surface area contributed by atoms with E-state index in [0.717, 1.165) is 18.4 Å². The highest BCUT2D eigenvalue weighted by atomic mass is 16.5. The lowest BCUT2D eigenvalue weighted by atomic mass is 10.1. The Balaban J connectivity index is 1.94. The molecule has 1 aromatic rings. The van der Waals surface area contributed by atoms with Gasteiger partial charge < -0.3 is 10.1 Å². The molecular formula is C16H19NO2. The molecule has 0 aliphatic heterocycles. The first kappa shape index (κ1) is 13.6. The zero-order valence-electron chi connectivity index (χ0n) is 11.2. The van der Waals surface area contributed by atoms with E-state index in [1.807, 2.05) is 24.3 Å². The van der Waals surface area contributed by atoms with Crippen LogP contribution in [-0.2, 0) is 4.74 Å². The van der Waals surface area contributed by atoms with Crippen molar-refractivity contribution in [2.45, 2.75) is 31.7 Å². The van der Waals surface area contributed by atoms with Crippen molar-refractivity contribution < 1.29 is 9.53 Å². The number of amides is 1. The molecular weight excluding hydrogens is 238 g/mol. The normalized spacial score (nSPS) is 14.8. The maximum Gasteiger partial charge on any atom is 0.251 e. The second kappa shape index (κ2) is 6.96. The Bertz CT molecular complexity index is 476. The van der Waals surface area contributed by atoms with Gasteiger partial charge in [-0.05, 0) is 37.1 Å². The van der Waals surface area contributed by atoms with Crippen molar-refractivity contribution in [2.75, 3.05) is 13.7 Å². The summed E-state index contributed by atoms with van der Waals surface area (Å²) >= 11 is 0. The summed E-state index contributed by atoms with van der Waals surface area (Å²) in [6.45, 7) is 0.421. The van der Waals surface area contributed by atoms with Gasteiger partial charge in [-0.2, -0.15) is 0 Å². The molecule has 1 N–H and O–H groups in total. The maximum atomic E-state index is 12.0. The van der Waals surface area contributed by atoms with Gasteiger partial charge in [0.15, 0.2) is 0 Å². The van der Waals surface area contributed by atoms with Gasteiger partial charge in [-0.15, -0.1) is 0 Å². The SMILES string of the molecule is COCC#Cc1ccc(C(=O)NC2CCCC2)cc1. The van der Waals surface area contributed by atoms with Gasteiger partial charge in [-0.3, -0.25) is 4.79 Å². The van der Waals surface area contributed by atoms with Crippen LogP contribution < -0.4 is 5.32 Å². The van der Waals surface area contributed by atoms with E-state index in [1.54, 1.807) is 7.11 Å². The first-order chi connectivity index (χ1) is 9.29. The van der Waals surface area contributed by atoms with Crippen LogP contribution in [0.3, 0.4) is 0 Å². The Labute approximate surface area is 114 Å². The highest BCUT2D eigenvalue weighted by Crippen LogP contribution is 2.18. The molecule has 0 radical (unpaired) electrons. The molecule has 1 saturated carbocycles. The van der Waals surface area contributed by atoms with Crippen LogP contribution >= 0.6 is 0 Å². The molecule has 2 rings (SSSR count). The van der Waals surface area contributed by atoms with E-state index < -0.39 is 0 Å². The number of carbonyl (C=O) groups is 1. The first-order valence-electron chi connectivity index (χ1n) is 6.68. The molecule has 0 spiro atoms. The largest absolute Gasteiger partial charge is 0.372 e. The van der Waals surface area contributed by atoms with Crippen LogP contribution in [0.15, 0.2) is 24.3 Å². The van der Waals surface area contributed by atoms with Crippen LogP contribution in [0.5, 0.6) is 0 Å². The number of hydrogen-bond acceptors (Lipinski definition) is 2. The molecule has 0 aromatic heterocycles. The zero-order chi connectivity index (χ0) is 13.5. The van der Waals surface area contributed by atoms with Crippen molar-refractivity contribution in [3.63, 3.8) is 0 Å². The van der Waals surface area contributed by atoms with Gasteiger partial charge in [0.1, 0.15) is 6.61 Å². The smallest absolute Gasteiger partial charge is 0.251 e. The quantitative estimate of drug-likeness (QED) is 0.844. The lowest BCUT2D eigenvalue weighted by Crippen LogP contribution is -2.32. The molecule has 1 aliphatic carbocycles. The number of carbonyl (C=O) groups excluding carboxylic acids is 1. The van der Waals surface area contributed by atoms with E-state index >= 15 is 0 Å². The molecule has 19 heavy (non-hydrogen) atoms. The lowest BCUT2D eigenvalue weighted by Gasteiger charge is -2.11. The second-order valence-corrected chi connectivity index (χ2v) is 4.77.